The van der Waals surface area contributed by atoms with Crippen LogP contribution < -0.4 is 10.9 Å². The van der Waals surface area contributed by atoms with Crippen molar-refractivity contribution in [3.8, 4) is 0 Å². The Morgan fingerprint density at radius 1 is 1.19 bits per heavy atom. The van der Waals surface area contributed by atoms with Gasteiger partial charge in [0.15, 0.2) is 0 Å². The van der Waals surface area contributed by atoms with E-state index < -0.39 is 0 Å². The van der Waals surface area contributed by atoms with Crippen LogP contribution in [0.3, 0.4) is 0 Å². The van der Waals surface area contributed by atoms with E-state index in [0.717, 1.165) is 23.1 Å². The van der Waals surface area contributed by atoms with Gasteiger partial charge in [0.2, 0.25) is 0 Å². The Bertz CT molecular complexity index is 972. The van der Waals surface area contributed by atoms with Crippen molar-refractivity contribution in [2.45, 2.75) is 39.3 Å². The summed E-state index contributed by atoms with van der Waals surface area (Å²) in [4.78, 5) is 16.0. The SMILES string of the molecule is Cc1cc2oc(=O)cc(CNC[C@H](c3cccs3)N3CCCC3)c2cc1C. The summed E-state index contributed by atoms with van der Waals surface area (Å²) in [6.45, 7) is 8.02. The van der Waals surface area contributed by atoms with Crippen molar-refractivity contribution in [1.82, 2.24) is 10.2 Å². The summed E-state index contributed by atoms with van der Waals surface area (Å²) in [5.41, 5.74) is 3.76. The zero-order chi connectivity index (χ0) is 18.8. The minimum Gasteiger partial charge on any atom is -0.423 e. The highest BCUT2D eigenvalue weighted by Gasteiger charge is 2.23. The van der Waals surface area contributed by atoms with Crippen molar-refractivity contribution in [2.24, 2.45) is 0 Å². The molecule has 0 unspecified atom stereocenters. The zero-order valence-electron chi connectivity index (χ0n) is 16.0. The maximum atomic E-state index is 12.0. The van der Waals surface area contributed by atoms with Crippen LogP contribution in [0.25, 0.3) is 11.0 Å². The lowest BCUT2D eigenvalue weighted by molar-refractivity contribution is 0.242. The molecule has 5 heteroatoms. The lowest BCUT2D eigenvalue weighted by Gasteiger charge is -2.27. The van der Waals surface area contributed by atoms with E-state index in [-0.39, 0.29) is 5.63 Å². The average molecular weight is 383 g/mol. The normalized spacial score (nSPS) is 16.2. The number of rotatable bonds is 6. The van der Waals surface area contributed by atoms with Gasteiger partial charge >= 0.3 is 5.63 Å². The fraction of sp³-hybridized carbons (Fsp3) is 0.409. The number of thiophene rings is 1. The van der Waals surface area contributed by atoms with Gasteiger partial charge in [-0.15, -0.1) is 11.3 Å². The molecule has 142 valence electrons. The molecule has 1 aliphatic rings. The smallest absolute Gasteiger partial charge is 0.336 e. The van der Waals surface area contributed by atoms with Crippen LogP contribution in [0.5, 0.6) is 0 Å². The molecule has 0 amide bonds. The van der Waals surface area contributed by atoms with Gasteiger partial charge in [0.05, 0.1) is 6.04 Å². The summed E-state index contributed by atoms with van der Waals surface area (Å²) in [6.07, 6.45) is 2.57. The zero-order valence-corrected chi connectivity index (χ0v) is 16.8. The van der Waals surface area contributed by atoms with Crippen molar-refractivity contribution in [2.75, 3.05) is 19.6 Å². The Kier molecular flexibility index (Phi) is 5.43. The van der Waals surface area contributed by atoms with Gasteiger partial charge in [0.1, 0.15) is 5.58 Å². The van der Waals surface area contributed by atoms with Crippen molar-refractivity contribution >= 4 is 22.3 Å². The minimum absolute atomic E-state index is 0.281. The van der Waals surface area contributed by atoms with Crippen LogP contribution in [0, 0.1) is 13.8 Å². The van der Waals surface area contributed by atoms with Gasteiger partial charge in [-0.25, -0.2) is 4.79 Å². The van der Waals surface area contributed by atoms with E-state index in [0.29, 0.717) is 18.2 Å². The van der Waals surface area contributed by atoms with Crippen LogP contribution in [0.15, 0.2) is 44.9 Å². The molecule has 1 aliphatic heterocycles. The van der Waals surface area contributed by atoms with Crippen LogP contribution in [0.2, 0.25) is 0 Å². The molecule has 27 heavy (non-hydrogen) atoms. The molecule has 1 N–H and O–H groups in total. The Morgan fingerprint density at radius 3 is 2.70 bits per heavy atom. The quantitative estimate of drug-likeness (QED) is 0.642. The van der Waals surface area contributed by atoms with Crippen molar-refractivity contribution < 1.29 is 4.42 Å². The molecule has 3 aromatic rings. The third kappa shape index (κ3) is 4.00. The third-order valence-electron chi connectivity index (χ3n) is 5.55. The number of nitrogens with zero attached hydrogens (tertiary/aromatic N) is 1. The number of nitrogens with one attached hydrogen (secondary N) is 1. The Balaban J connectivity index is 1.54. The molecule has 0 spiro atoms. The van der Waals surface area contributed by atoms with Gasteiger partial charge in [-0.2, -0.15) is 0 Å². The molecule has 0 saturated carbocycles. The van der Waals surface area contributed by atoms with E-state index in [1.54, 1.807) is 6.07 Å². The number of benzene rings is 1. The molecule has 2 aromatic heterocycles. The molecule has 0 radical (unpaired) electrons. The molecule has 0 aliphatic carbocycles. The topological polar surface area (TPSA) is 45.5 Å². The van der Waals surface area contributed by atoms with Crippen LogP contribution in [-0.2, 0) is 6.54 Å². The van der Waals surface area contributed by atoms with Gasteiger partial charge in [0, 0.05) is 29.4 Å². The molecule has 4 rings (SSSR count). The lowest BCUT2D eigenvalue weighted by atomic mass is 10.0. The second kappa shape index (κ2) is 7.97. The van der Waals surface area contributed by atoms with Crippen molar-refractivity contribution in [3.05, 3.63) is 67.7 Å². The molecule has 3 heterocycles. The molecule has 0 bridgehead atoms. The van der Waals surface area contributed by atoms with E-state index in [4.69, 9.17) is 4.42 Å². The van der Waals surface area contributed by atoms with Crippen LogP contribution in [-0.4, -0.2) is 24.5 Å². The van der Waals surface area contributed by atoms with Gasteiger partial charge in [-0.1, -0.05) is 6.07 Å². The van der Waals surface area contributed by atoms with E-state index >= 15 is 0 Å². The molecular formula is C22H26N2O2S. The molecular weight excluding hydrogens is 356 g/mol. The number of aryl methyl sites for hydroxylation is 2. The van der Waals surface area contributed by atoms with Gasteiger partial charge in [0.25, 0.3) is 0 Å². The summed E-state index contributed by atoms with van der Waals surface area (Å²) in [5, 5.41) is 6.78. The number of likely N-dealkylation sites (tertiary alicyclic amines) is 1. The molecule has 1 saturated heterocycles. The summed E-state index contributed by atoms with van der Waals surface area (Å²) >= 11 is 1.83. The van der Waals surface area contributed by atoms with Gasteiger partial charge in [-0.3, -0.25) is 4.90 Å². The average Bonchev–Trinajstić information content (AvgIpc) is 3.34. The highest BCUT2D eigenvalue weighted by Crippen LogP contribution is 2.28. The Labute approximate surface area is 163 Å². The monoisotopic (exact) mass is 382 g/mol. The summed E-state index contributed by atoms with van der Waals surface area (Å²) in [5.74, 6) is 0. The second-order valence-electron chi connectivity index (χ2n) is 7.43. The maximum absolute atomic E-state index is 12.0. The fourth-order valence-electron chi connectivity index (χ4n) is 3.92. The second-order valence-corrected chi connectivity index (χ2v) is 8.41. The van der Waals surface area contributed by atoms with Crippen LogP contribution in [0.4, 0.5) is 0 Å². The fourth-order valence-corrected chi connectivity index (χ4v) is 4.78. The highest BCUT2D eigenvalue weighted by atomic mass is 32.1. The predicted octanol–water partition coefficient (Wildman–Crippen LogP) is 4.40. The summed E-state index contributed by atoms with van der Waals surface area (Å²) in [7, 11) is 0. The maximum Gasteiger partial charge on any atom is 0.336 e. The van der Waals surface area contributed by atoms with E-state index in [1.165, 1.54) is 36.4 Å². The van der Waals surface area contributed by atoms with Crippen LogP contribution >= 0.6 is 11.3 Å². The van der Waals surface area contributed by atoms with E-state index in [9.17, 15) is 4.79 Å². The third-order valence-corrected chi connectivity index (χ3v) is 6.52. The van der Waals surface area contributed by atoms with Crippen molar-refractivity contribution in [1.29, 1.82) is 0 Å². The first-order valence-corrected chi connectivity index (χ1v) is 10.5. The molecule has 1 fully saturated rings. The largest absolute Gasteiger partial charge is 0.423 e. The first kappa shape index (κ1) is 18.4. The van der Waals surface area contributed by atoms with Crippen molar-refractivity contribution in [3.63, 3.8) is 0 Å². The van der Waals surface area contributed by atoms with Gasteiger partial charge < -0.3 is 9.73 Å². The van der Waals surface area contributed by atoms with E-state index in [1.807, 2.05) is 24.3 Å². The molecule has 1 atom stereocenters. The summed E-state index contributed by atoms with van der Waals surface area (Å²) in [6, 6.07) is 10.5. The first-order chi connectivity index (χ1) is 13.1. The standard InChI is InChI=1S/C22H26N2O2S/c1-15-10-18-17(12-22(25)26-20(18)11-16(15)2)13-23-14-19(21-6-5-9-27-21)24-7-3-4-8-24/h5-6,9-12,19,23H,3-4,7-8,13-14H2,1-2H3/t19-/m1/s1. The Hall–Kier alpha value is -1.95. The minimum atomic E-state index is -0.281. The number of hydrogen-bond donors (Lipinski definition) is 1. The highest BCUT2D eigenvalue weighted by molar-refractivity contribution is 7.10. The predicted molar refractivity (Wildman–Crippen MR) is 112 cm³/mol. The van der Waals surface area contributed by atoms with E-state index in [2.05, 4.69) is 40.7 Å². The number of fused-ring (bicyclic) bond motifs is 1. The molecule has 4 nitrogen and oxygen atoms in total. The first-order valence-electron chi connectivity index (χ1n) is 9.64. The summed E-state index contributed by atoms with van der Waals surface area (Å²) < 4.78 is 5.42. The number of hydrogen-bond acceptors (Lipinski definition) is 5. The van der Waals surface area contributed by atoms with Crippen LogP contribution in [0.1, 0.15) is 40.5 Å². The lowest BCUT2D eigenvalue weighted by Crippen LogP contribution is -2.33. The van der Waals surface area contributed by atoms with Gasteiger partial charge in [-0.05, 0) is 80.0 Å². The Morgan fingerprint density at radius 2 is 1.96 bits per heavy atom. The molecule has 1 aromatic carbocycles.